The maximum Gasteiger partial charge on any atom is 0.305 e. The van der Waals surface area contributed by atoms with Gasteiger partial charge in [-0.1, -0.05) is 0 Å². The van der Waals surface area contributed by atoms with E-state index in [0.717, 1.165) is 22.1 Å². The van der Waals surface area contributed by atoms with Crippen LogP contribution in [0.3, 0.4) is 0 Å². The molecule has 2 aromatic rings. The van der Waals surface area contributed by atoms with E-state index in [2.05, 4.69) is 0 Å². The third kappa shape index (κ3) is 2.93. The number of benzene rings is 2. The Labute approximate surface area is 145 Å². The Balaban J connectivity index is 2.15. The molecule has 0 aliphatic carbocycles. The molecule has 1 aliphatic heterocycles. The second-order valence-corrected chi connectivity index (χ2v) is 7.79. The maximum absolute atomic E-state index is 13.6. The summed E-state index contributed by atoms with van der Waals surface area (Å²) in [5, 5.41) is 9.20. The predicted octanol–water partition coefficient (Wildman–Crippen LogP) is 2.62. The Morgan fingerprint density at radius 3 is 2.40 bits per heavy atom. The van der Waals surface area contributed by atoms with Crippen LogP contribution in [-0.2, 0) is 14.8 Å². The Hall–Kier alpha value is -2.61. The molecule has 0 bridgehead atoms. The topological polar surface area (TPSA) is 77.9 Å². The quantitative estimate of drug-likeness (QED) is 0.902. The number of sulfonamides is 1. The van der Waals surface area contributed by atoms with Crippen molar-refractivity contribution in [1.82, 2.24) is 0 Å². The van der Waals surface area contributed by atoms with Crippen LogP contribution in [0, 0.1) is 5.82 Å². The Morgan fingerprint density at radius 1 is 1.20 bits per heavy atom. The zero-order chi connectivity index (χ0) is 18.4. The van der Waals surface area contributed by atoms with Gasteiger partial charge in [-0.15, -0.1) is 0 Å². The van der Waals surface area contributed by atoms with Crippen molar-refractivity contribution in [2.24, 2.45) is 0 Å². The maximum atomic E-state index is 13.6. The number of hydrogen-bond acceptors (Lipinski definition) is 4. The number of nitrogens with zero attached hydrogens (tertiary/aromatic N) is 2. The van der Waals surface area contributed by atoms with E-state index in [1.807, 2.05) is 19.0 Å². The second kappa shape index (κ2) is 6.03. The predicted molar refractivity (Wildman–Crippen MR) is 91.8 cm³/mol. The first-order chi connectivity index (χ1) is 11.7. The van der Waals surface area contributed by atoms with Crippen molar-refractivity contribution >= 4 is 27.4 Å². The van der Waals surface area contributed by atoms with Crippen LogP contribution in [0.2, 0.25) is 0 Å². The second-order valence-electron chi connectivity index (χ2n) is 6.01. The average Bonchev–Trinajstić information content (AvgIpc) is 2.74. The zero-order valence-corrected chi connectivity index (χ0v) is 14.5. The lowest BCUT2D eigenvalue weighted by Crippen LogP contribution is -2.29. The molecule has 1 aliphatic rings. The summed E-state index contributed by atoms with van der Waals surface area (Å²) in [7, 11) is -0.245. The van der Waals surface area contributed by atoms with Crippen LogP contribution >= 0.6 is 0 Å². The number of carbonyl (C=O) groups is 1. The molecule has 0 aromatic heterocycles. The molecule has 0 amide bonds. The van der Waals surface area contributed by atoms with Gasteiger partial charge in [0.15, 0.2) is 0 Å². The highest BCUT2D eigenvalue weighted by atomic mass is 32.2. The van der Waals surface area contributed by atoms with Crippen LogP contribution in [0.15, 0.2) is 47.4 Å². The van der Waals surface area contributed by atoms with E-state index in [1.165, 1.54) is 6.07 Å². The van der Waals surface area contributed by atoms with E-state index in [-0.39, 0.29) is 10.5 Å². The number of carboxylic acid groups (broad SMARTS) is 1. The van der Waals surface area contributed by atoms with Gasteiger partial charge in [-0.05, 0) is 48.0 Å². The highest BCUT2D eigenvalue weighted by molar-refractivity contribution is 7.93. The van der Waals surface area contributed by atoms with Gasteiger partial charge in [0.2, 0.25) is 0 Å². The summed E-state index contributed by atoms with van der Waals surface area (Å²) >= 11 is 0. The number of carboxylic acids is 1. The van der Waals surface area contributed by atoms with Gasteiger partial charge in [0.1, 0.15) is 5.82 Å². The zero-order valence-electron chi connectivity index (χ0n) is 13.7. The molecule has 132 valence electrons. The van der Waals surface area contributed by atoms with Crippen LogP contribution in [0.25, 0.3) is 0 Å². The number of fused-ring (bicyclic) bond motifs is 1. The minimum Gasteiger partial charge on any atom is -0.481 e. The number of rotatable bonds is 4. The molecular weight excluding hydrogens is 347 g/mol. The summed E-state index contributed by atoms with van der Waals surface area (Å²) in [5.41, 5.74) is 1.38. The molecule has 1 atom stereocenters. The fourth-order valence-electron chi connectivity index (χ4n) is 2.99. The Morgan fingerprint density at radius 2 is 1.84 bits per heavy atom. The molecule has 1 N–H and O–H groups in total. The molecule has 3 rings (SSSR count). The summed E-state index contributed by atoms with van der Waals surface area (Å²) < 4.78 is 40.5. The molecule has 0 spiro atoms. The van der Waals surface area contributed by atoms with E-state index in [1.54, 1.807) is 24.3 Å². The van der Waals surface area contributed by atoms with Crippen molar-refractivity contribution in [3.05, 3.63) is 53.8 Å². The summed E-state index contributed by atoms with van der Waals surface area (Å²) in [6, 6.07) is 9.07. The summed E-state index contributed by atoms with van der Waals surface area (Å²) in [5.74, 6) is -1.76. The smallest absolute Gasteiger partial charge is 0.305 e. The molecule has 25 heavy (non-hydrogen) atoms. The van der Waals surface area contributed by atoms with Gasteiger partial charge < -0.3 is 10.0 Å². The molecule has 0 saturated carbocycles. The van der Waals surface area contributed by atoms with Crippen molar-refractivity contribution in [1.29, 1.82) is 0 Å². The first-order valence-corrected chi connectivity index (χ1v) is 8.99. The van der Waals surface area contributed by atoms with Crippen molar-refractivity contribution in [3.8, 4) is 0 Å². The molecule has 8 heteroatoms. The van der Waals surface area contributed by atoms with E-state index < -0.39 is 34.3 Å². The molecular formula is C17H17FN2O4S. The third-order valence-electron chi connectivity index (χ3n) is 4.14. The summed E-state index contributed by atoms with van der Waals surface area (Å²) in [6.07, 6.45) is -0.453. The van der Waals surface area contributed by atoms with Crippen LogP contribution < -0.4 is 9.21 Å². The molecule has 0 fully saturated rings. The standard InChI is InChI=1S/C17H17FN2O4S/c1-19(2)12-4-6-13(7-5-12)20-15(10-17(21)22)14-9-11(18)3-8-16(14)25(20,23)24/h3-9,15H,10H2,1-2H3,(H,21,22)/t15-/m0/s1. The van der Waals surface area contributed by atoms with Crippen molar-refractivity contribution in [3.63, 3.8) is 0 Å². The van der Waals surface area contributed by atoms with Crippen LogP contribution in [0.5, 0.6) is 0 Å². The van der Waals surface area contributed by atoms with Crippen LogP contribution in [0.1, 0.15) is 18.0 Å². The van der Waals surface area contributed by atoms with E-state index in [0.29, 0.717) is 5.69 Å². The minimum atomic E-state index is -3.95. The normalized spacial score (nSPS) is 18.0. The minimum absolute atomic E-state index is 0.0585. The summed E-state index contributed by atoms with van der Waals surface area (Å²) in [6.45, 7) is 0. The molecule has 0 unspecified atom stereocenters. The van der Waals surface area contributed by atoms with E-state index in [9.17, 15) is 22.7 Å². The van der Waals surface area contributed by atoms with Gasteiger partial charge in [-0.25, -0.2) is 12.8 Å². The van der Waals surface area contributed by atoms with E-state index >= 15 is 0 Å². The van der Waals surface area contributed by atoms with Crippen molar-refractivity contribution in [2.45, 2.75) is 17.4 Å². The van der Waals surface area contributed by atoms with Gasteiger partial charge in [0.05, 0.1) is 23.0 Å². The number of hydrogen-bond donors (Lipinski definition) is 1. The summed E-state index contributed by atoms with van der Waals surface area (Å²) in [4.78, 5) is 13.1. The highest BCUT2D eigenvalue weighted by Gasteiger charge is 2.43. The SMILES string of the molecule is CN(C)c1ccc(N2[C@@H](CC(=O)O)c3cc(F)ccc3S2(=O)=O)cc1. The van der Waals surface area contributed by atoms with E-state index in [4.69, 9.17) is 0 Å². The largest absolute Gasteiger partial charge is 0.481 e. The molecule has 0 saturated heterocycles. The molecule has 2 aromatic carbocycles. The van der Waals surface area contributed by atoms with Crippen molar-refractivity contribution in [2.75, 3.05) is 23.3 Å². The lowest BCUT2D eigenvalue weighted by Gasteiger charge is -2.25. The van der Waals surface area contributed by atoms with Gasteiger partial charge in [0.25, 0.3) is 10.0 Å². The lowest BCUT2D eigenvalue weighted by atomic mass is 10.0. The number of anilines is 2. The van der Waals surface area contributed by atoms with Gasteiger partial charge >= 0.3 is 5.97 Å². The molecule has 1 heterocycles. The lowest BCUT2D eigenvalue weighted by molar-refractivity contribution is -0.137. The van der Waals surface area contributed by atoms with Crippen LogP contribution in [0.4, 0.5) is 15.8 Å². The van der Waals surface area contributed by atoms with Crippen LogP contribution in [-0.4, -0.2) is 33.6 Å². The van der Waals surface area contributed by atoms with Gasteiger partial charge in [-0.2, -0.15) is 0 Å². The van der Waals surface area contributed by atoms with Gasteiger partial charge in [-0.3, -0.25) is 9.10 Å². The number of halogens is 1. The highest BCUT2D eigenvalue weighted by Crippen LogP contribution is 2.44. The number of aliphatic carboxylic acids is 1. The molecule has 6 nitrogen and oxygen atoms in total. The van der Waals surface area contributed by atoms with Crippen molar-refractivity contribution < 1.29 is 22.7 Å². The first kappa shape index (κ1) is 17.2. The van der Waals surface area contributed by atoms with Gasteiger partial charge in [0, 0.05) is 19.8 Å². The Bertz CT molecular complexity index is 926. The fourth-order valence-corrected chi connectivity index (χ4v) is 4.86. The Kier molecular flexibility index (Phi) is 4.16. The average molecular weight is 364 g/mol. The third-order valence-corrected chi connectivity index (χ3v) is 6.05. The first-order valence-electron chi connectivity index (χ1n) is 7.55. The molecule has 0 radical (unpaired) electrons. The fraction of sp³-hybridized carbons (Fsp3) is 0.235. The monoisotopic (exact) mass is 364 g/mol.